The van der Waals surface area contributed by atoms with Crippen LogP contribution < -0.4 is 4.74 Å². The van der Waals surface area contributed by atoms with Gasteiger partial charge in [-0.25, -0.2) is 0 Å². The molecule has 0 aliphatic heterocycles. The molecule has 0 amide bonds. The van der Waals surface area contributed by atoms with Gasteiger partial charge in [-0.15, -0.1) is 0 Å². The Morgan fingerprint density at radius 3 is 2.62 bits per heavy atom. The number of rotatable bonds is 4. The van der Waals surface area contributed by atoms with Crippen molar-refractivity contribution in [3.8, 4) is 5.75 Å². The summed E-state index contributed by atoms with van der Waals surface area (Å²) in [5.74, 6) is 1.56. The zero-order valence-corrected chi connectivity index (χ0v) is 11.2. The third-order valence-electron chi connectivity index (χ3n) is 2.37. The van der Waals surface area contributed by atoms with Crippen LogP contribution >= 0.6 is 12.6 Å². The van der Waals surface area contributed by atoms with Gasteiger partial charge in [0.25, 0.3) is 0 Å². The Bertz CT molecular complexity index is 363. The molecular weight excluding hydrogens is 216 g/mol. The average Bonchev–Trinajstić information content (AvgIpc) is 2.25. The Kier molecular flexibility index (Phi) is 4.48. The maximum Gasteiger partial charge on any atom is 0.120 e. The van der Waals surface area contributed by atoms with Crippen molar-refractivity contribution in [2.24, 2.45) is 0 Å². The normalized spacial score (nSPS) is 11.2. The molecule has 0 aliphatic rings. The van der Waals surface area contributed by atoms with Crippen LogP contribution in [-0.4, -0.2) is 12.4 Å². The van der Waals surface area contributed by atoms with E-state index < -0.39 is 0 Å². The van der Waals surface area contributed by atoms with E-state index in [1.165, 1.54) is 5.56 Å². The highest BCUT2D eigenvalue weighted by Gasteiger charge is 2.13. The second-order valence-electron chi connectivity index (χ2n) is 4.97. The Hall–Kier alpha value is -0.890. The van der Waals surface area contributed by atoms with E-state index in [-0.39, 0.29) is 5.41 Å². The summed E-state index contributed by atoms with van der Waals surface area (Å²) in [6.45, 7) is 11.0. The van der Waals surface area contributed by atoms with E-state index in [1.54, 1.807) is 0 Å². The van der Waals surface area contributed by atoms with Crippen molar-refractivity contribution in [1.29, 1.82) is 0 Å². The van der Waals surface area contributed by atoms with Crippen molar-refractivity contribution < 1.29 is 4.74 Å². The summed E-state index contributed by atoms with van der Waals surface area (Å²) < 4.78 is 5.65. The van der Waals surface area contributed by atoms with E-state index in [0.29, 0.717) is 12.4 Å². The van der Waals surface area contributed by atoms with E-state index in [0.717, 1.165) is 11.3 Å². The molecule has 0 heterocycles. The van der Waals surface area contributed by atoms with Crippen molar-refractivity contribution in [3.63, 3.8) is 0 Å². The monoisotopic (exact) mass is 236 g/mol. The van der Waals surface area contributed by atoms with E-state index >= 15 is 0 Å². The highest BCUT2D eigenvalue weighted by atomic mass is 32.1. The third-order valence-corrected chi connectivity index (χ3v) is 2.81. The Balaban J connectivity index is 2.72. The van der Waals surface area contributed by atoms with Crippen molar-refractivity contribution >= 4 is 12.6 Å². The molecule has 1 nitrogen and oxygen atoms in total. The molecule has 0 aromatic heterocycles. The van der Waals surface area contributed by atoms with E-state index in [1.807, 2.05) is 12.1 Å². The summed E-state index contributed by atoms with van der Waals surface area (Å²) in [7, 11) is 0. The van der Waals surface area contributed by atoms with Gasteiger partial charge in [-0.05, 0) is 28.7 Å². The molecule has 0 spiro atoms. The predicted octanol–water partition coefficient (Wildman–Crippen LogP) is 3.85. The highest BCUT2D eigenvalue weighted by molar-refractivity contribution is 7.80. The lowest BCUT2D eigenvalue weighted by Crippen LogP contribution is -2.11. The predicted molar refractivity (Wildman–Crippen MR) is 73.6 cm³/mol. The van der Waals surface area contributed by atoms with Crippen LogP contribution in [0.5, 0.6) is 5.75 Å². The van der Waals surface area contributed by atoms with Gasteiger partial charge in [-0.3, -0.25) is 0 Å². The van der Waals surface area contributed by atoms with Crippen LogP contribution in [0, 0.1) is 0 Å². The fourth-order valence-electron chi connectivity index (χ4n) is 1.28. The lowest BCUT2D eigenvalue weighted by Gasteiger charge is -2.19. The molecule has 0 aliphatic carbocycles. The smallest absolute Gasteiger partial charge is 0.120 e. The molecule has 0 atom stereocenters. The van der Waals surface area contributed by atoms with Gasteiger partial charge in [-0.2, -0.15) is 12.6 Å². The molecule has 0 unspecified atom stereocenters. The van der Waals surface area contributed by atoms with Crippen molar-refractivity contribution in [1.82, 2.24) is 0 Å². The van der Waals surface area contributed by atoms with Gasteiger partial charge in [0.05, 0.1) is 0 Å². The Labute approximate surface area is 104 Å². The molecule has 0 saturated heterocycles. The molecular formula is C14H20OS. The first-order valence-corrected chi connectivity index (χ1v) is 6.07. The van der Waals surface area contributed by atoms with Crippen molar-refractivity contribution in [2.75, 3.05) is 12.4 Å². The quantitative estimate of drug-likeness (QED) is 0.617. The topological polar surface area (TPSA) is 9.23 Å². The Morgan fingerprint density at radius 2 is 2.06 bits per heavy atom. The van der Waals surface area contributed by atoms with Gasteiger partial charge in [0.1, 0.15) is 12.4 Å². The second-order valence-corrected chi connectivity index (χ2v) is 5.29. The number of hydrogen-bond acceptors (Lipinski definition) is 2. The fourth-order valence-corrected chi connectivity index (χ4v) is 1.37. The molecule has 1 aromatic rings. The van der Waals surface area contributed by atoms with Gasteiger partial charge in [0.2, 0.25) is 0 Å². The number of benzene rings is 1. The first kappa shape index (κ1) is 13.2. The number of hydrogen-bond donors (Lipinski definition) is 1. The molecule has 1 rings (SSSR count). The van der Waals surface area contributed by atoms with Crippen LogP contribution in [0.1, 0.15) is 26.3 Å². The minimum atomic E-state index is 0.153. The van der Waals surface area contributed by atoms with Crippen LogP contribution in [0.15, 0.2) is 36.4 Å². The summed E-state index contributed by atoms with van der Waals surface area (Å²) in [5.41, 5.74) is 2.42. The van der Waals surface area contributed by atoms with Crippen LogP contribution in [0.25, 0.3) is 0 Å². The first-order chi connectivity index (χ1) is 7.43. The van der Waals surface area contributed by atoms with Gasteiger partial charge < -0.3 is 4.74 Å². The van der Waals surface area contributed by atoms with Crippen LogP contribution in [0.4, 0.5) is 0 Å². The molecule has 2 heteroatoms. The average molecular weight is 236 g/mol. The fraction of sp³-hybridized carbons (Fsp3) is 0.429. The first-order valence-electron chi connectivity index (χ1n) is 5.44. The van der Waals surface area contributed by atoms with Gasteiger partial charge >= 0.3 is 0 Å². The van der Waals surface area contributed by atoms with Gasteiger partial charge in [-0.1, -0.05) is 39.5 Å². The molecule has 88 valence electrons. The zero-order valence-electron chi connectivity index (χ0n) is 10.3. The van der Waals surface area contributed by atoms with Gasteiger partial charge in [0.15, 0.2) is 0 Å². The zero-order chi connectivity index (χ0) is 12.2. The largest absolute Gasteiger partial charge is 0.489 e. The second kappa shape index (κ2) is 5.44. The molecule has 0 radical (unpaired) electrons. The number of ether oxygens (including phenoxy) is 1. The summed E-state index contributed by atoms with van der Waals surface area (Å²) >= 11 is 4.15. The lowest BCUT2D eigenvalue weighted by molar-refractivity contribution is 0.352. The summed E-state index contributed by atoms with van der Waals surface area (Å²) in [5, 5.41) is 0. The molecule has 1 aromatic carbocycles. The Morgan fingerprint density at radius 1 is 1.38 bits per heavy atom. The van der Waals surface area contributed by atoms with Crippen molar-refractivity contribution in [2.45, 2.75) is 26.2 Å². The van der Waals surface area contributed by atoms with E-state index in [4.69, 9.17) is 4.74 Å². The molecule has 0 saturated carbocycles. The minimum Gasteiger partial charge on any atom is -0.489 e. The lowest BCUT2D eigenvalue weighted by atomic mass is 9.87. The molecule has 0 N–H and O–H groups in total. The number of thiol groups is 1. The highest BCUT2D eigenvalue weighted by Crippen LogP contribution is 2.25. The summed E-state index contributed by atoms with van der Waals surface area (Å²) in [4.78, 5) is 0. The third kappa shape index (κ3) is 3.93. The SMILES string of the molecule is C=C(CS)COc1cccc(C(C)(C)C)c1. The summed E-state index contributed by atoms with van der Waals surface area (Å²) in [6, 6.07) is 8.21. The molecule has 0 bridgehead atoms. The van der Waals surface area contributed by atoms with Crippen LogP contribution in [-0.2, 0) is 5.41 Å². The van der Waals surface area contributed by atoms with Gasteiger partial charge in [0, 0.05) is 5.75 Å². The maximum atomic E-state index is 5.65. The van der Waals surface area contributed by atoms with Crippen LogP contribution in [0.3, 0.4) is 0 Å². The summed E-state index contributed by atoms with van der Waals surface area (Å²) in [6.07, 6.45) is 0. The van der Waals surface area contributed by atoms with Crippen LogP contribution in [0.2, 0.25) is 0 Å². The molecule has 16 heavy (non-hydrogen) atoms. The van der Waals surface area contributed by atoms with E-state index in [2.05, 4.69) is 52.1 Å². The van der Waals surface area contributed by atoms with E-state index in [9.17, 15) is 0 Å². The molecule has 0 fully saturated rings. The van der Waals surface area contributed by atoms with Crippen molar-refractivity contribution in [3.05, 3.63) is 42.0 Å². The standard InChI is InChI=1S/C14H20OS/c1-11(10-16)9-15-13-7-5-6-12(8-13)14(2,3)4/h5-8,16H,1,9-10H2,2-4H3. The minimum absolute atomic E-state index is 0.153. The maximum absolute atomic E-state index is 5.65.